The molecule has 2 rings (SSSR count). The van der Waals surface area contributed by atoms with Crippen molar-refractivity contribution in [2.75, 3.05) is 19.6 Å². The molecule has 0 spiro atoms. The third-order valence-electron chi connectivity index (χ3n) is 3.21. The van der Waals surface area contributed by atoms with Crippen molar-refractivity contribution in [3.63, 3.8) is 0 Å². The minimum atomic E-state index is 0.268. The van der Waals surface area contributed by atoms with Crippen molar-refractivity contribution in [1.82, 2.24) is 4.90 Å². The van der Waals surface area contributed by atoms with Gasteiger partial charge in [-0.25, -0.2) is 0 Å². The molecule has 0 aromatic heterocycles. The Kier molecular flexibility index (Phi) is 4.45. The molecule has 1 unspecified atom stereocenters. The van der Waals surface area contributed by atoms with E-state index < -0.39 is 0 Å². The Labute approximate surface area is 107 Å². The minimum Gasteiger partial charge on any atom is -0.489 e. The monoisotopic (exact) mass is 246 g/mol. The molecule has 0 saturated carbocycles. The summed E-state index contributed by atoms with van der Waals surface area (Å²) in [7, 11) is 0. The third kappa shape index (κ3) is 3.39. The molecule has 5 nitrogen and oxygen atoms in total. The van der Waals surface area contributed by atoms with Gasteiger partial charge in [0.05, 0.1) is 0 Å². The lowest BCUT2D eigenvalue weighted by atomic mass is 10.1. The molecular weight excluding hydrogens is 228 g/mol. The molecule has 0 aliphatic carbocycles. The van der Waals surface area contributed by atoms with Gasteiger partial charge >= 0.3 is 0 Å². The van der Waals surface area contributed by atoms with Gasteiger partial charge in [0.2, 0.25) is 0 Å². The molecule has 1 aliphatic rings. The highest BCUT2D eigenvalue weighted by Crippen LogP contribution is 2.21. The van der Waals surface area contributed by atoms with E-state index in [1.54, 1.807) is 12.1 Å². The molecule has 1 aliphatic heterocycles. The Hall–Kier alpha value is -1.71. The topological polar surface area (TPSA) is 61.2 Å². The molecule has 1 heterocycles. The number of hydrogen-bond donors (Lipinski definition) is 0. The van der Waals surface area contributed by atoms with Gasteiger partial charge in [0.25, 0.3) is 0 Å². The highest BCUT2D eigenvalue weighted by Gasteiger charge is 2.19. The zero-order valence-corrected chi connectivity index (χ0v) is 10.6. The predicted molar refractivity (Wildman–Crippen MR) is 71.0 cm³/mol. The van der Waals surface area contributed by atoms with Gasteiger partial charge in [-0.15, -0.1) is 0 Å². The fourth-order valence-corrected chi connectivity index (χ4v) is 2.23. The Morgan fingerprint density at radius 1 is 1.44 bits per heavy atom. The molecule has 0 N–H and O–H groups in total. The Morgan fingerprint density at radius 2 is 2.22 bits per heavy atom. The zero-order valence-electron chi connectivity index (χ0n) is 10.6. The van der Waals surface area contributed by atoms with Crippen molar-refractivity contribution in [1.29, 1.82) is 0 Å². The fourth-order valence-electron chi connectivity index (χ4n) is 2.23. The van der Waals surface area contributed by atoms with Crippen LogP contribution >= 0.6 is 0 Å². The van der Waals surface area contributed by atoms with Crippen LogP contribution in [0.15, 0.2) is 29.4 Å². The van der Waals surface area contributed by atoms with Crippen LogP contribution in [0.4, 0.5) is 5.69 Å². The highest BCUT2D eigenvalue weighted by molar-refractivity contribution is 5.41. The summed E-state index contributed by atoms with van der Waals surface area (Å²) >= 11 is 0. The molecular formula is C13H18N4O. The molecule has 0 radical (unpaired) electrons. The standard InChI is InChI=1S/C13H18N4O/c1-2-17-9-3-4-13(10-17)18-12-7-5-11(6-8-12)15-16-14/h5-8,13H,2-4,9-10H2,1H3. The molecule has 96 valence electrons. The summed E-state index contributed by atoms with van der Waals surface area (Å²) < 4.78 is 5.94. The summed E-state index contributed by atoms with van der Waals surface area (Å²) in [6.45, 7) is 5.42. The van der Waals surface area contributed by atoms with E-state index in [1.165, 1.54) is 13.0 Å². The number of rotatable bonds is 4. The first kappa shape index (κ1) is 12.7. The van der Waals surface area contributed by atoms with Crippen LogP contribution in [-0.4, -0.2) is 30.6 Å². The van der Waals surface area contributed by atoms with Gasteiger partial charge < -0.3 is 4.74 Å². The maximum Gasteiger partial charge on any atom is 0.119 e. The summed E-state index contributed by atoms with van der Waals surface area (Å²) in [5.41, 5.74) is 8.94. The van der Waals surface area contributed by atoms with Crippen LogP contribution in [0, 0.1) is 0 Å². The summed E-state index contributed by atoms with van der Waals surface area (Å²) in [6, 6.07) is 7.26. The maximum absolute atomic E-state index is 8.33. The molecule has 1 fully saturated rings. The second-order valence-electron chi connectivity index (χ2n) is 4.46. The number of likely N-dealkylation sites (N-methyl/N-ethyl adjacent to an activating group) is 1. The van der Waals surface area contributed by atoms with Crippen molar-refractivity contribution in [3.8, 4) is 5.75 Å². The van der Waals surface area contributed by atoms with Crippen LogP contribution in [0.25, 0.3) is 10.4 Å². The van der Waals surface area contributed by atoms with Crippen LogP contribution < -0.4 is 4.74 Å². The number of benzene rings is 1. The van der Waals surface area contributed by atoms with Crippen molar-refractivity contribution >= 4 is 5.69 Å². The molecule has 18 heavy (non-hydrogen) atoms. The van der Waals surface area contributed by atoms with Crippen molar-refractivity contribution < 1.29 is 4.74 Å². The first-order valence-electron chi connectivity index (χ1n) is 6.36. The lowest BCUT2D eigenvalue weighted by Gasteiger charge is -2.32. The predicted octanol–water partition coefficient (Wildman–Crippen LogP) is 3.49. The van der Waals surface area contributed by atoms with Crippen LogP contribution in [-0.2, 0) is 0 Å². The van der Waals surface area contributed by atoms with E-state index in [1.807, 2.05) is 12.1 Å². The van der Waals surface area contributed by atoms with E-state index in [0.29, 0.717) is 5.69 Å². The van der Waals surface area contributed by atoms with Gasteiger partial charge in [0, 0.05) is 17.1 Å². The second kappa shape index (κ2) is 6.28. The van der Waals surface area contributed by atoms with Gasteiger partial charge in [0.15, 0.2) is 0 Å². The second-order valence-corrected chi connectivity index (χ2v) is 4.46. The Bertz CT molecular complexity index is 425. The molecule has 1 aromatic rings. The van der Waals surface area contributed by atoms with E-state index in [-0.39, 0.29) is 6.10 Å². The van der Waals surface area contributed by atoms with Gasteiger partial charge in [-0.2, -0.15) is 0 Å². The lowest BCUT2D eigenvalue weighted by Crippen LogP contribution is -2.40. The molecule has 1 atom stereocenters. The molecule has 1 saturated heterocycles. The quantitative estimate of drug-likeness (QED) is 0.464. The molecule has 5 heteroatoms. The largest absolute Gasteiger partial charge is 0.489 e. The van der Waals surface area contributed by atoms with E-state index in [9.17, 15) is 0 Å². The number of azide groups is 1. The third-order valence-corrected chi connectivity index (χ3v) is 3.21. The lowest BCUT2D eigenvalue weighted by molar-refractivity contribution is 0.0920. The highest BCUT2D eigenvalue weighted by atomic mass is 16.5. The van der Waals surface area contributed by atoms with Crippen LogP contribution in [0.5, 0.6) is 5.75 Å². The van der Waals surface area contributed by atoms with Gasteiger partial charge in [-0.1, -0.05) is 12.0 Å². The minimum absolute atomic E-state index is 0.268. The first-order valence-corrected chi connectivity index (χ1v) is 6.36. The van der Waals surface area contributed by atoms with E-state index >= 15 is 0 Å². The van der Waals surface area contributed by atoms with Crippen molar-refractivity contribution in [2.45, 2.75) is 25.9 Å². The van der Waals surface area contributed by atoms with Crippen molar-refractivity contribution in [2.24, 2.45) is 5.11 Å². The van der Waals surface area contributed by atoms with Gasteiger partial charge in [0.1, 0.15) is 11.9 Å². The first-order chi connectivity index (χ1) is 8.81. The molecule has 1 aromatic carbocycles. The smallest absolute Gasteiger partial charge is 0.119 e. The summed E-state index contributed by atoms with van der Waals surface area (Å²) in [6.07, 6.45) is 2.56. The van der Waals surface area contributed by atoms with E-state index in [4.69, 9.17) is 10.3 Å². The van der Waals surface area contributed by atoms with E-state index in [2.05, 4.69) is 21.8 Å². The van der Waals surface area contributed by atoms with Crippen LogP contribution in [0.3, 0.4) is 0 Å². The van der Waals surface area contributed by atoms with Crippen LogP contribution in [0.1, 0.15) is 19.8 Å². The summed E-state index contributed by atoms with van der Waals surface area (Å²) in [4.78, 5) is 5.16. The number of ether oxygens (including phenoxy) is 1. The molecule has 0 amide bonds. The molecule has 0 bridgehead atoms. The zero-order chi connectivity index (χ0) is 12.8. The van der Waals surface area contributed by atoms with Gasteiger partial charge in [-0.05, 0) is 55.7 Å². The Morgan fingerprint density at radius 3 is 2.89 bits per heavy atom. The van der Waals surface area contributed by atoms with Gasteiger partial charge in [-0.3, -0.25) is 4.90 Å². The maximum atomic E-state index is 8.33. The summed E-state index contributed by atoms with van der Waals surface area (Å²) in [5, 5.41) is 3.54. The number of hydrogen-bond acceptors (Lipinski definition) is 3. The normalized spacial score (nSPS) is 20.2. The number of nitrogens with zero attached hydrogens (tertiary/aromatic N) is 4. The Balaban J connectivity index is 1.94. The van der Waals surface area contributed by atoms with Crippen LogP contribution in [0.2, 0.25) is 0 Å². The fraction of sp³-hybridized carbons (Fsp3) is 0.538. The number of piperidine rings is 1. The average Bonchev–Trinajstić information content (AvgIpc) is 2.42. The summed E-state index contributed by atoms with van der Waals surface area (Å²) in [5.74, 6) is 0.842. The van der Waals surface area contributed by atoms with Crippen molar-refractivity contribution in [3.05, 3.63) is 34.7 Å². The van der Waals surface area contributed by atoms with E-state index in [0.717, 1.165) is 25.3 Å². The average molecular weight is 246 g/mol. The SMILES string of the molecule is CCN1CCCC(Oc2ccc(N=[N+]=[N-])cc2)C1. The number of likely N-dealkylation sites (tertiary alicyclic amines) is 1.